The van der Waals surface area contributed by atoms with Crippen LogP contribution in [0.25, 0.3) is 0 Å². The average molecular weight is 494 g/mol. The Bertz CT molecular complexity index is 1060. The highest BCUT2D eigenvalue weighted by Crippen LogP contribution is 2.34. The SMILES string of the molecule is CN(C)C1=NC(N2CCN(c3ccccn3)CC2)N(C)C(Nc2ccc(C(F)(F)F)cc2Cl)=C1. The molecular formula is C23H27ClF3N7. The smallest absolute Gasteiger partial charge is 0.363 e. The topological polar surface area (TPSA) is 50.2 Å². The fraction of sp³-hybridized carbons (Fsp3) is 0.391. The average Bonchev–Trinajstić information content (AvgIpc) is 2.81. The maximum absolute atomic E-state index is 13.0. The number of alkyl halides is 3. The number of hydrogen-bond acceptors (Lipinski definition) is 7. The molecule has 2 aromatic rings. The van der Waals surface area contributed by atoms with Crippen molar-refractivity contribution in [3.05, 3.63) is 65.1 Å². The first-order chi connectivity index (χ1) is 16.1. The van der Waals surface area contributed by atoms with E-state index in [2.05, 4.69) is 20.1 Å². The van der Waals surface area contributed by atoms with E-state index < -0.39 is 11.7 Å². The van der Waals surface area contributed by atoms with Gasteiger partial charge < -0.3 is 20.0 Å². The second kappa shape index (κ2) is 9.71. The monoisotopic (exact) mass is 493 g/mol. The van der Waals surface area contributed by atoms with E-state index in [1.165, 1.54) is 6.07 Å². The van der Waals surface area contributed by atoms with Gasteiger partial charge in [0, 0.05) is 59.6 Å². The zero-order chi connectivity index (χ0) is 24.5. The molecular weight excluding hydrogens is 467 g/mol. The van der Waals surface area contributed by atoms with Crippen molar-refractivity contribution in [2.45, 2.75) is 12.5 Å². The molecule has 1 N–H and O–H groups in total. The number of pyridine rings is 1. The number of halogens is 4. The Kier molecular flexibility index (Phi) is 6.90. The summed E-state index contributed by atoms with van der Waals surface area (Å²) in [4.78, 5) is 17.7. The third kappa shape index (κ3) is 5.23. The fourth-order valence-corrected chi connectivity index (χ4v) is 4.17. The molecule has 1 atom stereocenters. The first-order valence-corrected chi connectivity index (χ1v) is 11.2. The van der Waals surface area contributed by atoms with Crippen molar-refractivity contribution in [3.63, 3.8) is 0 Å². The molecule has 2 aliphatic rings. The summed E-state index contributed by atoms with van der Waals surface area (Å²) in [5, 5.41) is 3.20. The zero-order valence-electron chi connectivity index (χ0n) is 19.2. The molecule has 0 radical (unpaired) electrons. The van der Waals surface area contributed by atoms with Crippen molar-refractivity contribution < 1.29 is 13.2 Å². The fourth-order valence-electron chi connectivity index (χ4n) is 3.94. The summed E-state index contributed by atoms with van der Waals surface area (Å²) in [6.07, 6.45) is -1.08. The number of benzene rings is 1. The molecule has 2 aliphatic heterocycles. The summed E-state index contributed by atoms with van der Waals surface area (Å²) >= 11 is 6.19. The van der Waals surface area contributed by atoms with E-state index in [0.717, 1.165) is 50.0 Å². The molecule has 1 aromatic carbocycles. The standard InChI is InChI=1S/C23H27ClF3N7/c1-31(2)20-15-21(29-18-8-7-16(14-17(18)24)23(25,26)27)32(3)22(30-20)34-12-10-33(11-13-34)19-6-4-5-9-28-19/h4-9,14-15,22,29H,10-13H2,1-3H3. The van der Waals surface area contributed by atoms with Crippen LogP contribution >= 0.6 is 11.6 Å². The molecule has 0 spiro atoms. The normalized spacial score (nSPS) is 19.6. The van der Waals surface area contributed by atoms with E-state index in [1.54, 1.807) is 6.20 Å². The molecule has 1 aromatic heterocycles. The largest absolute Gasteiger partial charge is 0.416 e. The Morgan fingerprint density at radius 1 is 1.09 bits per heavy atom. The van der Waals surface area contributed by atoms with Crippen molar-refractivity contribution in [1.29, 1.82) is 0 Å². The molecule has 0 bridgehead atoms. The van der Waals surface area contributed by atoms with Gasteiger partial charge in [0.25, 0.3) is 0 Å². The minimum atomic E-state index is -4.45. The molecule has 34 heavy (non-hydrogen) atoms. The first kappa shape index (κ1) is 24.2. The summed E-state index contributed by atoms with van der Waals surface area (Å²) in [6.45, 7) is 3.19. The van der Waals surface area contributed by atoms with Crippen LogP contribution in [0.4, 0.5) is 24.7 Å². The highest BCUT2D eigenvalue weighted by molar-refractivity contribution is 6.33. The molecule has 4 rings (SSSR count). The lowest BCUT2D eigenvalue weighted by Crippen LogP contribution is -2.56. The number of piperazine rings is 1. The Morgan fingerprint density at radius 3 is 2.41 bits per heavy atom. The van der Waals surface area contributed by atoms with Crippen LogP contribution < -0.4 is 10.2 Å². The van der Waals surface area contributed by atoms with Gasteiger partial charge in [-0.05, 0) is 30.3 Å². The Balaban J connectivity index is 1.51. The maximum Gasteiger partial charge on any atom is 0.416 e. The third-order valence-corrected chi connectivity index (χ3v) is 6.18. The van der Waals surface area contributed by atoms with E-state index in [0.29, 0.717) is 11.5 Å². The molecule has 1 unspecified atom stereocenters. The van der Waals surface area contributed by atoms with Crippen molar-refractivity contribution in [2.24, 2.45) is 4.99 Å². The molecule has 182 valence electrons. The van der Waals surface area contributed by atoms with Crippen molar-refractivity contribution in [3.8, 4) is 0 Å². The Labute approximate surface area is 202 Å². The first-order valence-electron chi connectivity index (χ1n) is 10.9. The summed E-state index contributed by atoms with van der Waals surface area (Å²) in [5.41, 5.74) is -0.389. The number of nitrogens with zero attached hydrogens (tertiary/aromatic N) is 6. The molecule has 1 saturated heterocycles. The van der Waals surface area contributed by atoms with Gasteiger partial charge in [0.2, 0.25) is 0 Å². The minimum Gasteiger partial charge on any atom is -0.363 e. The van der Waals surface area contributed by atoms with Crippen molar-refractivity contribution >= 4 is 28.9 Å². The highest BCUT2D eigenvalue weighted by atomic mass is 35.5. The summed E-state index contributed by atoms with van der Waals surface area (Å²) in [5.74, 6) is 2.40. The lowest BCUT2D eigenvalue weighted by atomic mass is 10.2. The van der Waals surface area contributed by atoms with Crippen LogP contribution in [-0.4, -0.2) is 79.1 Å². The number of hydrogen-bond donors (Lipinski definition) is 1. The molecule has 7 nitrogen and oxygen atoms in total. The van der Waals surface area contributed by atoms with Crippen LogP contribution in [0.1, 0.15) is 5.56 Å². The number of nitrogens with one attached hydrogen (secondary N) is 1. The van der Waals surface area contributed by atoms with Gasteiger partial charge in [-0.2, -0.15) is 13.2 Å². The number of aliphatic imine (C=N–C) groups is 1. The van der Waals surface area contributed by atoms with Gasteiger partial charge in [0.05, 0.1) is 16.3 Å². The van der Waals surface area contributed by atoms with Crippen molar-refractivity contribution in [2.75, 3.05) is 57.5 Å². The quantitative estimate of drug-likeness (QED) is 0.694. The van der Waals surface area contributed by atoms with E-state index in [9.17, 15) is 13.2 Å². The van der Waals surface area contributed by atoms with Crippen LogP contribution in [0.2, 0.25) is 5.02 Å². The molecule has 1 fully saturated rings. The summed E-state index contributed by atoms with van der Waals surface area (Å²) < 4.78 is 39.1. The van der Waals surface area contributed by atoms with Crippen LogP contribution in [0, 0.1) is 0 Å². The zero-order valence-corrected chi connectivity index (χ0v) is 20.0. The molecule has 3 heterocycles. The van der Waals surface area contributed by atoms with E-state index >= 15 is 0 Å². The molecule has 0 amide bonds. The van der Waals surface area contributed by atoms with Gasteiger partial charge in [-0.15, -0.1) is 0 Å². The van der Waals surface area contributed by atoms with Crippen LogP contribution in [-0.2, 0) is 6.18 Å². The number of aromatic nitrogens is 1. The van der Waals surface area contributed by atoms with E-state index in [4.69, 9.17) is 16.6 Å². The number of likely N-dealkylation sites (N-methyl/N-ethyl adjacent to an activating group) is 1. The predicted octanol–water partition coefficient (Wildman–Crippen LogP) is 4.02. The van der Waals surface area contributed by atoms with Crippen LogP contribution in [0.5, 0.6) is 0 Å². The maximum atomic E-state index is 13.0. The van der Waals surface area contributed by atoms with Gasteiger partial charge in [0.15, 0.2) is 6.29 Å². The number of anilines is 2. The lowest BCUT2D eigenvalue weighted by Gasteiger charge is -2.44. The molecule has 11 heteroatoms. The van der Waals surface area contributed by atoms with Crippen LogP contribution in [0.3, 0.4) is 0 Å². The minimum absolute atomic E-state index is 0.00133. The van der Waals surface area contributed by atoms with Gasteiger partial charge in [-0.3, -0.25) is 4.90 Å². The predicted molar refractivity (Wildman–Crippen MR) is 129 cm³/mol. The molecule has 0 aliphatic carbocycles. The van der Waals surface area contributed by atoms with E-state index in [1.807, 2.05) is 55.2 Å². The van der Waals surface area contributed by atoms with Crippen molar-refractivity contribution in [1.82, 2.24) is 19.7 Å². The lowest BCUT2D eigenvalue weighted by molar-refractivity contribution is -0.137. The number of amidine groups is 1. The third-order valence-electron chi connectivity index (χ3n) is 5.87. The van der Waals surface area contributed by atoms with Crippen LogP contribution in [0.15, 0.2) is 59.5 Å². The Hall–Kier alpha value is -2.98. The second-order valence-corrected chi connectivity index (χ2v) is 8.80. The highest BCUT2D eigenvalue weighted by Gasteiger charge is 2.33. The van der Waals surface area contributed by atoms with Gasteiger partial charge >= 0.3 is 6.18 Å². The van der Waals surface area contributed by atoms with Gasteiger partial charge in [0.1, 0.15) is 17.5 Å². The van der Waals surface area contributed by atoms with Gasteiger partial charge in [-0.25, -0.2) is 9.98 Å². The summed E-state index contributed by atoms with van der Waals surface area (Å²) in [6, 6.07) is 9.19. The molecule has 0 saturated carbocycles. The summed E-state index contributed by atoms with van der Waals surface area (Å²) in [7, 11) is 5.71. The number of rotatable bonds is 4. The second-order valence-electron chi connectivity index (χ2n) is 8.40. The Morgan fingerprint density at radius 2 is 1.82 bits per heavy atom. The van der Waals surface area contributed by atoms with E-state index in [-0.39, 0.29) is 11.3 Å². The van der Waals surface area contributed by atoms with Gasteiger partial charge in [-0.1, -0.05) is 17.7 Å².